The zero-order valence-electron chi connectivity index (χ0n) is 12.6. The molecule has 0 fully saturated rings. The minimum Gasteiger partial charge on any atom is -0.479 e. The van der Waals surface area contributed by atoms with E-state index < -0.39 is 12.0 Å². The van der Waals surface area contributed by atoms with E-state index in [0.717, 1.165) is 16.9 Å². The van der Waals surface area contributed by atoms with Gasteiger partial charge in [0.05, 0.1) is 0 Å². The van der Waals surface area contributed by atoms with Crippen LogP contribution in [0, 0.1) is 0 Å². The van der Waals surface area contributed by atoms with Gasteiger partial charge in [0.2, 0.25) is 0 Å². The number of aliphatic carboxylic acids is 1. The lowest BCUT2D eigenvalue weighted by atomic mass is 9.91. The highest BCUT2D eigenvalue weighted by atomic mass is 35.5. The number of halogens is 1. The van der Waals surface area contributed by atoms with Crippen molar-refractivity contribution in [3.8, 4) is 0 Å². The molecule has 0 amide bonds. The second-order valence-electron chi connectivity index (χ2n) is 5.55. The number of rotatable bonds is 3. The molecule has 0 saturated heterocycles. The van der Waals surface area contributed by atoms with Crippen LogP contribution in [0.5, 0.6) is 0 Å². The Morgan fingerprint density at radius 3 is 2.52 bits per heavy atom. The third-order valence-corrected chi connectivity index (χ3v) is 4.26. The number of nitrogens with zero attached hydrogens (tertiary/aromatic N) is 1. The summed E-state index contributed by atoms with van der Waals surface area (Å²) in [5, 5.41) is 10.3. The number of benzene rings is 2. The van der Waals surface area contributed by atoms with Gasteiger partial charge in [-0.3, -0.25) is 0 Å². The standard InChI is InChI=1S/C18H17ClN2O2/c1-11(20)15-10-12-6-5-9-14(19)16(12)17(18(22)23)21(15)13-7-3-2-4-8-13/h2-11,17H,20H2,1H3,(H,22,23)/t11?,17-/m0/s1. The zero-order chi connectivity index (χ0) is 16.6. The Kier molecular flexibility index (Phi) is 4.11. The van der Waals surface area contributed by atoms with Gasteiger partial charge < -0.3 is 15.7 Å². The van der Waals surface area contributed by atoms with Crippen LogP contribution in [0.4, 0.5) is 5.69 Å². The van der Waals surface area contributed by atoms with Crippen molar-refractivity contribution in [1.29, 1.82) is 0 Å². The van der Waals surface area contributed by atoms with Crippen molar-refractivity contribution in [2.45, 2.75) is 19.0 Å². The molecule has 3 rings (SSSR count). The average Bonchev–Trinajstić information content (AvgIpc) is 2.54. The van der Waals surface area contributed by atoms with Crippen molar-refractivity contribution in [2.24, 2.45) is 5.73 Å². The smallest absolute Gasteiger partial charge is 0.331 e. The fraction of sp³-hybridized carbons (Fsp3) is 0.167. The van der Waals surface area contributed by atoms with Gasteiger partial charge in [0.15, 0.2) is 6.04 Å². The number of hydrogen-bond donors (Lipinski definition) is 2. The van der Waals surface area contributed by atoms with Gasteiger partial charge in [-0.05, 0) is 36.8 Å². The maximum Gasteiger partial charge on any atom is 0.331 e. The lowest BCUT2D eigenvalue weighted by Crippen LogP contribution is -2.41. The first-order valence-electron chi connectivity index (χ1n) is 7.33. The second kappa shape index (κ2) is 6.07. The van der Waals surface area contributed by atoms with Crippen LogP contribution >= 0.6 is 11.6 Å². The molecule has 0 aromatic heterocycles. The summed E-state index contributed by atoms with van der Waals surface area (Å²) in [6.07, 6.45) is 1.92. The molecular weight excluding hydrogens is 312 g/mol. The van der Waals surface area contributed by atoms with Crippen LogP contribution in [0.3, 0.4) is 0 Å². The van der Waals surface area contributed by atoms with Crippen LogP contribution in [0.1, 0.15) is 24.1 Å². The number of para-hydroxylation sites is 1. The van der Waals surface area contributed by atoms with E-state index in [9.17, 15) is 9.90 Å². The van der Waals surface area contributed by atoms with E-state index in [-0.39, 0.29) is 6.04 Å². The average molecular weight is 329 g/mol. The molecule has 0 radical (unpaired) electrons. The number of fused-ring (bicyclic) bond motifs is 1. The van der Waals surface area contributed by atoms with Crippen LogP contribution in [-0.2, 0) is 4.79 Å². The number of nitrogens with two attached hydrogens (primary N) is 1. The molecule has 1 aliphatic heterocycles. The second-order valence-corrected chi connectivity index (χ2v) is 5.95. The molecule has 3 N–H and O–H groups in total. The van der Waals surface area contributed by atoms with Gasteiger partial charge in [-0.25, -0.2) is 4.79 Å². The van der Waals surface area contributed by atoms with Gasteiger partial charge in [-0.2, -0.15) is 0 Å². The molecule has 0 bridgehead atoms. The SMILES string of the molecule is CC(N)C1=Cc2cccc(Cl)c2[C@@H](C(=O)O)N1c1ccccc1. The monoisotopic (exact) mass is 328 g/mol. The summed E-state index contributed by atoms with van der Waals surface area (Å²) in [5.74, 6) is -0.963. The first kappa shape index (κ1) is 15.6. The zero-order valence-corrected chi connectivity index (χ0v) is 13.4. The highest BCUT2D eigenvalue weighted by Crippen LogP contribution is 2.41. The van der Waals surface area contributed by atoms with E-state index in [0.29, 0.717) is 10.6 Å². The number of carboxylic acid groups (broad SMARTS) is 1. The highest BCUT2D eigenvalue weighted by Gasteiger charge is 2.37. The number of anilines is 1. The first-order chi connectivity index (χ1) is 11.0. The quantitative estimate of drug-likeness (QED) is 0.902. The molecule has 0 aliphatic carbocycles. The predicted molar refractivity (Wildman–Crippen MR) is 92.4 cm³/mol. The summed E-state index contributed by atoms with van der Waals surface area (Å²) in [5.41, 5.74) is 9.03. The van der Waals surface area contributed by atoms with Crippen LogP contribution in [-0.4, -0.2) is 17.1 Å². The van der Waals surface area contributed by atoms with Crippen LogP contribution in [0.2, 0.25) is 5.02 Å². The number of carboxylic acids is 1. The molecule has 23 heavy (non-hydrogen) atoms. The Hall–Kier alpha value is -2.30. The first-order valence-corrected chi connectivity index (χ1v) is 7.71. The van der Waals surface area contributed by atoms with Gasteiger partial charge >= 0.3 is 5.97 Å². The molecule has 2 aromatic carbocycles. The molecule has 118 valence electrons. The lowest BCUT2D eigenvalue weighted by molar-refractivity contribution is -0.138. The number of carbonyl (C=O) groups is 1. The molecule has 0 spiro atoms. The molecular formula is C18H17ClN2O2. The van der Waals surface area contributed by atoms with Crippen LogP contribution < -0.4 is 10.6 Å². The van der Waals surface area contributed by atoms with E-state index >= 15 is 0 Å². The minimum absolute atomic E-state index is 0.316. The van der Waals surface area contributed by atoms with E-state index in [1.807, 2.05) is 55.5 Å². The van der Waals surface area contributed by atoms with Gasteiger partial charge in [-0.1, -0.05) is 41.9 Å². The topological polar surface area (TPSA) is 66.6 Å². The highest BCUT2D eigenvalue weighted by molar-refractivity contribution is 6.32. The maximum absolute atomic E-state index is 12.1. The van der Waals surface area contributed by atoms with E-state index in [4.69, 9.17) is 17.3 Å². The Bertz CT molecular complexity index is 772. The Morgan fingerprint density at radius 2 is 1.91 bits per heavy atom. The van der Waals surface area contributed by atoms with Crippen molar-refractivity contribution in [2.75, 3.05) is 4.90 Å². The van der Waals surface area contributed by atoms with Crippen LogP contribution in [0.25, 0.3) is 6.08 Å². The lowest BCUT2D eigenvalue weighted by Gasteiger charge is -2.39. The van der Waals surface area contributed by atoms with Crippen molar-refractivity contribution in [1.82, 2.24) is 0 Å². The molecule has 2 aromatic rings. The van der Waals surface area contributed by atoms with Gasteiger partial charge in [0.1, 0.15) is 0 Å². The minimum atomic E-state index is -0.963. The molecule has 5 heteroatoms. The summed E-state index contributed by atoms with van der Waals surface area (Å²) >= 11 is 6.31. The predicted octanol–water partition coefficient (Wildman–Crippen LogP) is 3.67. The van der Waals surface area contributed by atoms with E-state index in [2.05, 4.69) is 0 Å². The Balaban J connectivity index is 2.28. The molecule has 0 saturated carbocycles. The third kappa shape index (κ3) is 2.71. The molecule has 4 nitrogen and oxygen atoms in total. The molecule has 1 heterocycles. The summed E-state index contributed by atoms with van der Waals surface area (Å²) in [6.45, 7) is 1.84. The third-order valence-electron chi connectivity index (χ3n) is 3.93. The van der Waals surface area contributed by atoms with Gasteiger partial charge in [0.25, 0.3) is 0 Å². The van der Waals surface area contributed by atoms with Crippen molar-refractivity contribution < 1.29 is 9.90 Å². The fourth-order valence-electron chi connectivity index (χ4n) is 2.95. The molecule has 1 aliphatic rings. The summed E-state index contributed by atoms with van der Waals surface area (Å²) in [4.78, 5) is 13.8. The molecule has 1 unspecified atom stereocenters. The normalized spacial score (nSPS) is 18.1. The number of hydrogen-bond acceptors (Lipinski definition) is 3. The van der Waals surface area contributed by atoms with E-state index in [1.54, 1.807) is 11.0 Å². The molecule has 2 atom stereocenters. The largest absolute Gasteiger partial charge is 0.479 e. The van der Waals surface area contributed by atoms with Crippen molar-refractivity contribution in [3.63, 3.8) is 0 Å². The van der Waals surface area contributed by atoms with Crippen molar-refractivity contribution in [3.05, 3.63) is 70.4 Å². The van der Waals surface area contributed by atoms with E-state index in [1.165, 1.54) is 0 Å². The van der Waals surface area contributed by atoms with Gasteiger partial charge in [-0.15, -0.1) is 0 Å². The van der Waals surface area contributed by atoms with Crippen molar-refractivity contribution >= 4 is 29.3 Å². The Labute approximate surface area is 139 Å². The van der Waals surface area contributed by atoms with Gasteiger partial charge in [0, 0.05) is 28.0 Å². The Morgan fingerprint density at radius 1 is 1.22 bits per heavy atom. The summed E-state index contributed by atoms with van der Waals surface area (Å²) < 4.78 is 0. The van der Waals surface area contributed by atoms with Crippen LogP contribution in [0.15, 0.2) is 54.2 Å². The summed E-state index contributed by atoms with van der Waals surface area (Å²) in [7, 11) is 0. The summed E-state index contributed by atoms with van der Waals surface area (Å²) in [6, 6.07) is 13.5. The fourth-order valence-corrected chi connectivity index (χ4v) is 3.23. The maximum atomic E-state index is 12.1.